The Hall–Kier alpha value is -3.47. The van der Waals surface area contributed by atoms with Crippen molar-refractivity contribution in [2.75, 3.05) is 5.32 Å². The third-order valence-corrected chi connectivity index (χ3v) is 3.59. The first-order valence-corrected chi connectivity index (χ1v) is 7.35. The number of nitrogens with one attached hydrogen (secondary N) is 1. The van der Waals surface area contributed by atoms with E-state index in [0.717, 1.165) is 11.1 Å². The molecule has 5 heteroatoms. The van der Waals surface area contributed by atoms with E-state index in [1.54, 1.807) is 12.1 Å². The van der Waals surface area contributed by atoms with Gasteiger partial charge in [-0.15, -0.1) is 0 Å². The van der Waals surface area contributed by atoms with E-state index in [1.165, 1.54) is 24.3 Å². The molecule has 0 saturated carbocycles. The number of nitrogens with zero attached hydrogens (tertiary/aromatic N) is 1. The average molecular weight is 318 g/mol. The van der Waals surface area contributed by atoms with Gasteiger partial charge in [-0.05, 0) is 35.4 Å². The van der Waals surface area contributed by atoms with Crippen LogP contribution in [0.3, 0.4) is 0 Å². The highest BCUT2D eigenvalue weighted by molar-refractivity contribution is 6.04. The van der Waals surface area contributed by atoms with E-state index in [1.807, 2.05) is 42.5 Å². The number of amides is 1. The summed E-state index contributed by atoms with van der Waals surface area (Å²) in [5.41, 5.74) is 3.13. The normalized spacial score (nSPS) is 10.2. The molecule has 3 rings (SSSR count). The third-order valence-electron chi connectivity index (χ3n) is 3.59. The number of anilines is 1. The van der Waals surface area contributed by atoms with Crippen molar-refractivity contribution in [2.24, 2.45) is 0 Å². The summed E-state index contributed by atoms with van der Waals surface area (Å²) in [6.07, 6.45) is 0. The lowest BCUT2D eigenvalue weighted by atomic mass is 10.0. The molecule has 0 aliphatic carbocycles. The van der Waals surface area contributed by atoms with Crippen molar-refractivity contribution in [2.45, 2.75) is 0 Å². The highest BCUT2D eigenvalue weighted by atomic mass is 16.6. The molecule has 0 bridgehead atoms. The number of nitro benzene ring substituents is 1. The van der Waals surface area contributed by atoms with Crippen LogP contribution in [0.5, 0.6) is 0 Å². The summed E-state index contributed by atoms with van der Waals surface area (Å²) in [7, 11) is 0. The number of hydrogen-bond acceptors (Lipinski definition) is 3. The Bertz CT molecular complexity index is 857. The molecule has 0 saturated heterocycles. The van der Waals surface area contributed by atoms with E-state index in [4.69, 9.17) is 0 Å². The first kappa shape index (κ1) is 15.4. The predicted octanol–water partition coefficient (Wildman–Crippen LogP) is 4.51. The van der Waals surface area contributed by atoms with Gasteiger partial charge >= 0.3 is 0 Å². The molecule has 0 heterocycles. The third kappa shape index (κ3) is 3.47. The number of non-ortho nitro benzene ring substituents is 1. The molecule has 24 heavy (non-hydrogen) atoms. The first-order chi connectivity index (χ1) is 11.6. The lowest BCUT2D eigenvalue weighted by Crippen LogP contribution is -2.11. The summed E-state index contributed by atoms with van der Waals surface area (Å²) in [5.74, 6) is -0.261. The van der Waals surface area contributed by atoms with Crippen LogP contribution < -0.4 is 5.32 Å². The van der Waals surface area contributed by atoms with Gasteiger partial charge in [0.15, 0.2) is 0 Å². The Morgan fingerprint density at radius 3 is 1.96 bits per heavy atom. The van der Waals surface area contributed by atoms with Gasteiger partial charge in [0, 0.05) is 23.4 Å². The zero-order chi connectivity index (χ0) is 16.9. The predicted molar refractivity (Wildman–Crippen MR) is 92.9 cm³/mol. The quantitative estimate of drug-likeness (QED) is 0.568. The lowest BCUT2D eigenvalue weighted by Gasteiger charge is -2.06. The Kier molecular flexibility index (Phi) is 4.34. The number of nitro groups is 1. The number of hydrogen-bond donors (Lipinski definition) is 1. The van der Waals surface area contributed by atoms with Gasteiger partial charge in [0.1, 0.15) is 0 Å². The smallest absolute Gasteiger partial charge is 0.269 e. The maximum atomic E-state index is 12.2. The van der Waals surface area contributed by atoms with Gasteiger partial charge in [-0.1, -0.05) is 42.5 Å². The molecule has 3 aromatic rings. The van der Waals surface area contributed by atoms with E-state index >= 15 is 0 Å². The molecule has 0 spiro atoms. The number of rotatable bonds is 4. The summed E-state index contributed by atoms with van der Waals surface area (Å²) >= 11 is 0. The fourth-order valence-corrected chi connectivity index (χ4v) is 2.31. The number of benzene rings is 3. The molecule has 5 nitrogen and oxygen atoms in total. The van der Waals surface area contributed by atoms with Crippen LogP contribution in [-0.2, 0) is 0 Å². The van der Waals surface area contributed by atoms with E-state index in [2.05, 4.69) is 5.32 Å². The molecule has 1 N–H and O–H groups in total. The molecule has 3 aromatic carbocycles. The van der Waals surface area contributed by atoms with Gasteiger partial charge < -0.3 is 5.32 Å². The molecular weight excluding hydrogens is 304 g/mol. The Morgan fingerprint density at radius 1 is 0.792 bits per heavy atom. The van der Waals surface area contributed by atoms with E-state index in [9.17, 15) is 14.9 Å². The minimum Gasteiger partial charge on any atom is -0.322 e. The fraction of sp³-hybridized carbons (Fsp3) is 0. The molecule has 0 fully saturated rings. The van der Waals surface area contributed by atoms with E-state index in [0.29, 0.717) is 11.3 Å². The van der Waals surface area contributed by atoms with E-state index in [-0.39, 0.29) is 11.6 Å². The molecule has 0 unspecified atom stereocenters. The number of carbonyl (C=O) groups is 1. The summed E-state index contributed by atoms with van der Waals surface area (Å²) in [5, 5.41) is 13.3. The van der Waals surface area contributed by atoms with Crippen LogP contribution in [0.4, 0.5) is 11.4 Å². The monoisotopic (exact) mass is 318 g/mol. The molecule has 0 aromatic heterocycles. The number of carbonyl (C=O) groups excluding carboxylic acids is 1. The second kappa shape index (κ2) is 6.75. The Labute approximate surface area is 138 Å². The SMILES string of the molecule is O=C(Nc1ccc([N+](=O)[O-])cc1)c1ccc(-c2ccccc2)cc1. The fourth-order valence-electron chi connectivity index (χ4n) is 2.31. The van der Waals surface area contributed by atoms with Gasteiger partial charge in [0.05, 0.1) is 4.92 Å². The molecule has 0 aliphatic heterocycles. The molecular formula is C19H14N2O3. The molecule has 118 valence electrons. The lowest BCUT2D eigenvalue weighted by molar-refractivity contribution is -0.384. The second-order valence-electron chi connectivity index (χ2n) is 5.20. The molecule has 1 amide bonds. The van der Waals surface area contributed by atoms with Gasteiger partial charge in [-0.25, -0.2) is 0 Å². The summed E-state index contributed by atoms with van der Waals surface area (Å²) in [6.45, 7) is 0. The molecule has 0 radical (unpaired) electrons. The maximum absolute atomic E-state index is 12.2. The van der Waals surface area contributed by atoms with Gasteiger partial charge in [-0.3, -0.25) is 14.9 Å². The molecule has 0 atom stereocenters. The second-order valence-corrected chi connectivity index (χ2v) is 5.20. The minimum absolute atomic E-state index is 0.0137. The van der Waals surface area contributed by atoms with Crippen molar-refractivity contribution >= 4 is 17.3 Å². The minimum atomic E-state index is -0.478. The standard InChI is InChI=1S/C19H14N2O3/c22-19(20-17-10-12-18(13-11-17)21(23)24)16-8-6-15(7-9-16)14-4-2-1-3-5-14/h1-13H,(H,20,22). The van der Waals surface area contributed by atoms with Crippen molar-refractivity contribution in [1.82, 2.24) is 0 Å². The van der Waals surface area contributed by atoms with Crippen LogP contribution in [-0.4, -0.2) is 10.8 Å². The Balaban J connectivity index is 1.72. The molecule has 0 aliphatic rings. The summed E-state index contributed by atoms with van der Waals surface area (Å²) in [4.78, 5) is 22.4. The van der Waals surface area contributed by atoms with E-state index < -0.39 is 4.92 Å². The summed E-state index contributed by atoms with van der Waals surface area (Å²) in [6, 6.07) is 22.9. The Morgan fingerprint density at radius 2 is 1.38 bits per heavy atom. The van der Waals surface area contributed by atoms with Crippen LogP contribution in [0.15, 0.2) is 78.9 Å². The average Bonchev–Trinajstić information content (AvgIpc) is 2.63. The first-order valence-electron chi connectivity index (χ1n) is 7.35. The zero-order valence-corrected chi connectivity index (χ0v) is 12.7. The van der Waals surface area contributed by atoms with Crippen molar-refractivity contribution in [3.05, 3.63) is 94.5 Å². The van der Waals surface area contributed by atoms with Crippen LogP contribution in [0.25, 0.3) is 11.1 Å². The van der Waals surface area contributed by atoms with Gasteiger partial charge in [0.25, 0.3) is 11.6 Å². The van der Waals surface area contributed by atoms with Crippen molar-refractivity contribution < 1.29 is 9.72 Å². The maximum Gasteiger partial charge on any atom is 0.269 e. The van der Waals surface area contributed by atoms with Crippen LogP contribution in [0.2, 0.25) is 0 Å². The largest absolute Gasteiger partial charge is 0.322 e. The van der Waals surface area contributed by atoms with Crippen LogP contribution in [0, 0.1) is 10.1 Å². The highest BCUT2D eigenvalue weighted by Gasteiger charge is 2.08. The van der Waals surface area contributed by atoms with Gasteiger partial charge in [-0.2, -0.15) is 0 Å². The van der Waals surface area contributed by atoms with Gasteiger partial charge in [0.2, 0.25) is 0 Å². The van der Waals surface area contributed by atoms with Crippen molar-refractivity contribution in [3.8, 4) is 11.1 Å². The van der Waals surface area contributed by atoms with Crippen LogP contribution >= 0.6 is 0 Å². The topological polar surface area (TPSA) is 72.2 Å². The van der Waals surface area contributed by atoms with Crippen molar-refractivity contribution in [3.63, 3.8) is 0 Å². The summed E-state index contributed by atoms with van der Waals surface area (Å²) < 4.78 is 0. The van der Waals surface area contributed by atoms with Crippen molar-refractivity contribution in [1.29, 1.82) is 0 Å². The van der Waals surface area contributed by atoms with Crippen LogP contribution in [0.1, 0.15) is 10.4 Å². The zero-order valence-electron chi connectivity index (χ0n) is 12.7. The highest BCUT2D eigenvalue weighted by Crippen LogP contribution is 2.20.